The van der Waals surface area contributed by atoms with Gasteiger partial charge < -0.3 is 10.0 Å². The highest BCUT2D eigenvalue weighted by atomic mass is 31.1. The molecule has 2 heterocycles. The third-order valence-corrected chi connectivity index (χ3v) is 4.12. The predicted octanol–water partition coefficient (Wildman–Crippen LogP) is -1.53. The zero-order chi connectivity index (χ0) is 17.1. The van der Waals surface area contributed by atoms with Crippen molar-refractivity contribution in [2.75, 3.05) is 13.2 Å². The molecule has 1 unspecified atom stereocenters. The van der Waals surface area contributed by atoms with Crippen molar-refractivity contribution < 1.29 is 23.9 Å². The van der Waals surface area contributed by atoms with Crippen molar-refractivity contribution >= 4 is 14.2 Å². The lowest BCUT2D eigenvalue weighted by Gasteiger charge is -2.22. The second kappa shape index (κ2) is 7.14. The first-order chi connectivity index (χ1) is 10.8. The van der Waals surface area contributed by atoms with Crippen LogP contribution in [0.15, 0.2) is 15.8 Å². The second-order valence-corrected chi connectivity index (χ2v) is 5.97. The molecule has 1 aliphatic heterocycles. The Balaban J connectivity index is 2.13. The molecule has 1 aromatic rings. The van der Waals surface area contributed by atoms with Crippen LogP contribution in [-0.4, -0.2) is 55.7 Å². The Bertz CT molecular complexity index is 728. The number of H-pyrrole nitrogens is 1. The maximum atomic E-state index is 12.3. The number of carbonyl (C=O) groups excluding carboxylic acids is 1. The Labute approximate surface area is 131 Å². The van der Waals surface area contributed by atoms with E-state index in [-0.39, 0.29) is 31.7 Å². The number of aryl methyl sites for hydroxylation is 1. The third kappa shape index (κ3) is 4.11. The van der Waals surface area contributed by atoms with E-state index in [9.17, 15) is 24.1 Å². The molecular formula is C12H17N3O7P+. The Hall–Kier alpha value is -1.87. The van der Waals surface area contributed by atoms with Crippen LogP contribution in [0.2, 0.25) is 0 Å². The number of likely N-dealkylation sites (tertiary alicyclic amines) is 1. The lowest BCUT2D eigenvalue weighted by Crippen LogP contribution is -2.42. The molecule has 1 saturated heterocycles. The average Bonchev–Trinajstić information content (AvgIpc) is 2.86. The molecule has 1 fully saturated rings. The Morgan fingerprint density at radius 2 is 2.22 bits per heavy atom. The highest BCUT2D eigenvalue weighted by Gasteiger charge is 2.39. The van der Waals surface area contributed by atoms with Crippen LogP contribution in [-0.2, 0) is 20.4 Å². The van der Waals surface area contributed by atoms with Crippen molar-refractivity contribution in [3.8, 4) is 0 Å². The van der Waals surface area contributed by atoms with Crippen molar-refractivity contribution in [1.82, 2.24) is 14.5 Å². The van der Waals surface area contributed by atoms with Crippen LogP contribution in [0.3, 0.4) is 0 Å². The normalized spacial score (nSPS) is 21.5. The minimum Gasteiger partial charge on any atom is -0.394 e. The van der Waals surface area contributed by atoms with Gasteiger partial charge in [-0.25, -0.2) is 4.79 Å². The highest BCUT2D eigenvalue weighted by Crippen LogP contribution is 2.27. The number of hydrogen-bond donors (Lipinski definition) is 3. The number of nitrogens with zero attached hydrogens (tertiary/aromatic N) is 2. The molecule has 10 nitrogen and oxygen atoms in total. The van der Waals surface area contributed by atoms with Gasteiger partial charge in [-0.2, -0.15) is 0 Å². The summed E-state index contributed by atoms with van der Waals surface area (Å²) in [6.07, 6.45) is 0.851. The number of amides is 1. The van der Waals surface area contributed by atoms with Gasteiger partial charge in [-0.05, 0) is 6.92 Å². The molecule has 11 heteroatoms. The minimum absolute atomic E-state index is 0.0444. The van der Waals surface area contributed by atoms with Gasteiger partial charge in [0, 0.05) is 22.7 Å². The van der Waals surface area contributed by atoms with E-state index in [2.05, 4.69) is 4.98 Å². The number of carbonyl (C=O) groups is 1. The molecule has 0 aromatic carbocycles. The van der Waals surface area contributed by atoms with Gasteiger partial charge in [-0.3, -0.25) is 19.1 Å². The first-order valence-electron chi connectivity index (χ1n) is 6.85. The standard InChI is InChI=1S/C12H16N3O7P/c1-7-3-14(12(19)13-11(7)18)5-10(17)15-4-9(22-23(20)21)2-8(15)6-16/h3,8-9,16H,2,4-6H2,1H3,(H-,13,18,19,20,21)/p+1/t8-,9+/m0/s1. The number of aliphatic hydroxyl groups excluding tert-OH is 1. The van der Waals surface area contributed by atoms with E-state index in [1.807, 2.05) is 0 Å². The Kier molecular flexibility index (Phi) is 5.42. The zero-order valence-electron chi connectivity index (χ0n) is 12.3. The van der Waals surface area contributed by atoms with Crippen LogP contribution in [0.25, 0.3) is 0 Å². The maximum absolute atomic E-state index is 12.3. The molecule has 1 aliphatic rings. The minimum atomic E-state index is -2.80. The summed E-state index contributed by atoms with van der Waals surface area (Å²) in [6, 6.07) is -0.554. The lowest BCUT2D eigenvalue weighted by atomic mass is 10.2. The van der Waals surface area contributed by atoms with E-state index >= 15 is 0 Å². The monoisotopic (exact) mass is 346 g/mol. The third-order valence-electron chi connectivity index (χ3n) is 3.64. The van der Waals surface area contributed by atoms with Gasteiger partial charge in [0.1, 0.15) is 12.6 Å². The summed E-state index contributed by atoms with van der Waals surface area (Å²) in [5.41, 5.74) is -0.940. The fourth-order valence-electron chi connectivity index (χ4n) is 2.53. The van der Waals surface area contributed by atoms with Crippen LogP contribution in [0.4, 0.5) is 0 Å². The summed E-state index contributed by atoms with van der Waals surface area (Å²) in [6.45, 7) is 0.911. The zero-order valence-corrected chi connectivity index (χ0v) is 13.2. The molecule has 0 saturated carbocycles. The van der Waals surface area contributed by atoms with Gasteiger partial charge in [0.15, 0.2) is 0 Å². The highest BCUT2D eigenvalue weighted by molar-refractivity contribution is 7.32. The SMILES string of the molecule is Cc1cn(CC(=O)N2C[C@H](O[P+](=O)O)C[C@H]2CO)c(=O)[nH]c1=O. The summed E-state index contributed by atoms with van der Waals surface area (Å²) in [7, 11) is -2.80. The second-order valence-electron chi connectivity index (χ2n) is 5.28. The van der Waals surface area contributed by atoms with Gasteiger partial charge >= 0.3 is 13.9 Å². The van der Waals surface area contributed by atoms with Gasteiger partial charge in [-0.15, -0.1) is 9.42 Å². The summed E-state index contributed by atoms with van der Waals surface area (Å²) < 4.78 is 16.6. The first kappa shape index (κ1) is 17.5. The van der Waals surface area contributed by atoms with Crippen molar-refractivity contribution in [2.24, 2.45) is 0 Å². The van der Waals surface area contributed by atoms with E-state index in [1.54, 1.807) is 0 Å². The molecule has 1 aromatic heterocycles. The fraction of sp³-hybridized carbons (Fsp3) is 0.583. The summed E-state index contributed by atoms with van der Waals surface area (Å²) >= 11 is 0. The first-order valence-corrected chi connectivity index (χ1v) is 7.98. The predicted molar refractivity (Wildman–Crippen MR) is 78.0 cm³/mol. The van der Waals surface area contributed by atoms with Crippen LogP contribution >= 0.6 is 8.25 Å². The van der Waals surface area contributed by atoms with Crippen molar-refractivity contribution in [2.45, 2.75) is 32.0 Å². The Morgan fingerprint density at radius 1 is 1.52 bits per heavy atom. The van der Waals surface area contributed by atoms with E-state index < -0.39 is 37.6 Å². The summed E-state index contributed by atoms with van der Waals surface area (Å²) in [5.74, 6) is -0.461. The molecule has 1 amide bonds. The van der Waals surface area contributed by atoms with Gasteiger partial charge in [-0.1, -0.05) is 0 Å². The Morgan fingerprint density at radius 3 is 2.83 bits per heavy atom. The maximum Gasteiger partial charge on any atom is 0.695 e. The van der Waals surface area contributed by atoms with Crippen LogP contribution in [0.1, 0.15) is 12.0 Å². The average molecular weight is 346 g/mol. The number of hydrogen-bond acceptors (Lipinski definition) is 6. The quantitative estimate of drug-likeness (QED) is 0.549. The molecule has 0 radical (unpaired) electrons. The van der Waals surface area contributed by atoms with Crippen LogP contribution in [0.5, 0.6) is 0 Å². The van der Waals surface area contributed by atoms with Crippen molar-refractivity contribution in [3.05, 3.63) is 32.6 Å². The number of aliphatic hydroxyl groups is 1. The van der Waals surface area contributed by atoms with Gasteiger partial charge in [0.25, 0.3) is 5.56 Å². The topological polar surface area (TPSA) is 142 Å². The fourth-order valence-corrected chi connectivity index (χ4v) is 2.94. The molecule has 0 aliphatic carbocycles. The summed E-state index contributed by atoms with van der Waals surface area (Å²) in [4.78, 5) is 47.5. The molecule has 126 valence electrons. The number of aromatic amines is 1. The molecule has 3 atom stereocenters. The lowest BCUT2D eigenvalue weighted by molar-refractivity contribution is -0.133. The smallest absolute Gasteiger partial charge is 0.394 e. The molecule has 0 bridgehead atoms. The van der Waals surface area contributed by atoms with Crippen molar-refractivity contribution in [3.63, 3.8) is 0 Å². The van der Waals surface area contributed by atoms with E-state index in [0.29, 0.717) is 0 Å². The van der Waals surface area contributed by atoms with E-state index in [1.165, 1.54) is 18.0 Å². The molecule has 0 spiro atoms. The molecule has 2 rings (SSSR count). The molecular weight excluding hydrogens is 329 g/mol. The van der Waals surface area contributed by atoms with E-state index in [0.717, 1.165) is 4.57 Å². The number of rotatable bonds is 5. The van der Waals surface area contributed by atoms with Crippen LogP contribution < -0.4 is 11.2 Å². The largest absolute Gasteiger partial charge is 0.695 e. The summed E-state index contributed by atoms with van der Waals surface area (Å²) in [5, 5.41) is 9.34. The van der Waals surface area contributed by atoms with E-state index in [4.69, 9.17) is 9.42 Å². The van der Waals surface area contributed by atoms with Crippen molar-refractivity contribution in [1.29, 1.82) is 0 Å². The van der Waals surface area contributed by atoms with Gasteiger partial charge in [0.05, 0.1) is 19.2 Å². The number of aromatic nitrogens is 2. The molecule has 3 N–H and O–H groups in total. The van der Waals surface area contributed by atoms with Crippen LogP contribution in [0, 0.1) is 6.92 Å². The molecule has 23 heavy (non-hydrogen) atoms. The number of nitrogens with one attached hydrogen (secondary N) is 1. The van der Waals surface area contributed by atoms with Gasteiger partial charge in [0.2, 0.25) is 5.91 Å².